The number of pyridine rings is 1. The van der Waals surface area contributed by atoms with Crippen LogP contribution in [0.2, 0.25) is 0 Å². The first-order valence-electron chi connectivity index (χ1n) is 9.30. The van der Waals surface area contributed by atoms with Gasteiger partial charge in [-0.15, -0.1) is 0 Å². The Morgan fingerprint density at radius 2 is 2.10 bits per heavy atom. The molecule has 1 amide bonds. The highest BCUT2D eigenvalue weighted by Crippen LogP contribution is 2.26. The molecule has 0 spiro atoms. The molecule has 0 fully saturated rings. The van der Waals surface area contributed by atoms with E-state index in [1.165, 1.54) is 25.5 Å². The summed E-state index contributed by atoms with van der Waals surface area (Å²) in [5.41, 5.74) is -0.0526. The predicted octanol–water partition coefficient (Wildman–Crippen LogP) is 2.72. The Morgan fingerprint density at radius 3 is 2.69 bits per heavy atom. The first-order chi connectivity index (χ1) is 13.7. The van der Waals surface area contributed by atoms with Gasteiger partial charge in [-0.1, -0.05) is 13.8 Å². The van der Waals surface area contributed by atoms with Gasteiger partial charge < -0.3 is 14.5 Å². The van der Waals surface area contributed by atoms with Crippen molar-refractivity contribution in [1.29, 1.82) is 0 Å². The normalized spacial score (nSPS) is 18.5. The van der Waals surface area contributed by atoms with Crippen molar-refractivity contribution in [3.63, 3.8) is 0 Å². The lowest BCUT2D eigenvalue weighted by Crippen LogP contribution is -2.41. The van der Waals surface area contributed by atoms with Crippen LogP contribution in [0.15, 0.2) is 40.1 Å². The van der Waals surface area contributed by atoms with Crippen LogP contribution in [0.3, 0.4) is 0 Å². The molecule has 1 unspecified atom stereocenters. The summed E-state index contributed by atoms with van der Waals surface area (Å²) >= 11 is 0. The maximum atomic E-state index is 12.7. The monoisotopic (exact) mass is 397 g/mol. The summed E-state index contributed by atoms with van der Waals surface area (Å²) in [5.74, 6) is -0.118. The molecule has 0 aliphatic carbocycles. The quantitative estimate of drug-likeness (QED) is 0.568. The molecule has 1 aliphatic rings. The number of hydrogen-bond acceptors (Lipinski definition) is 7. The van der Waals surface area contributed by atoms with Gasteiger partial charge in [0.05, 0.1) is 17.5 Å². The lowest BCUT2D eigenvalue weighted by molar-refractivity contribution is -0.124. The molecule has 8 heteroatoms. The fourth-order valence-corrected chi connectivity index (χ4v) is 2.86. The molecule has 0 bridgehead atoms. The molecule has 2 aromatic rings. The number of nitrogens with one attached hydrogen (secondary N) is 1. The third-order valence-corrected chi connectivity index (χ3v) is 5.07. The summed E-state index contributed by atoms with van der Waals surface area (Å²) in [6, 6.07) is 4.83. The van der Waals surface area contributed by atoms with Crippen molar-refractivity contribution in [2.45, 2.75) is 46.3 Å². The number of nitrogens with zero attached hydrogens (tertiary/aromatic N) is 2. The number of carbonyl (C=O) groups excluding carboxylic acids is 3. The van der Waals surface area contributed by atoms with Crippen molar-refractivity contribution in [1.82, 2.24) is 10.3 Å². The molecule has 3 heterocycles. The molecular weight excluding hydrogens is 374 g/mol. The zero-order chi connectivity index (χ0) is 21.2. The highest BCUT2D eigenvalue weighted by Gasteiger charge is 2.41. The van der Waals surface area contributed by atoms with Crippen LogP contribution in [0.25, 0.3) is 0 Å². The average Bonchev–Trinajstić information content (AvgIpc) is 3.28. The highest BCUT2D eigenvalue weighted by molar-refractivity contribution is 6.09. The first kappa shape index (κ1) is 20.4. The molecule has 0 saturated carbocycles. The largest absolute Gasteiger partial charge is 0.466 e. The minimum atomic E-state index is -0.866. The molecule has 1 aliphatic heterocycles. The van der Waals surface area contributed by atoms with Gasteiger partial charge in [0.2, 0.25) is 0 Å². The fraction of sp³-hybridized carbons (Fsp3) is 0.381. The molecular formula is C21H23N3O5. The van der Waals surface area contributed by atoms with Gasteiger partial charge >= 0.3 is 5.97 Å². The number of ether oxygens (including phenoxy) is 1. The number of furan rings is 1. The molecule has 29 heavy (non-hydrogen) atoms. The van der Waals surface area contributed by atoms with E-state index in [1.807, 2.05) is 13.8 Å². The van der Waals surface area contributed by atoms with E-state index in [0.717, 1.165) is 0 Å². The van der Waals surface area contributed by atoms with Gasteiger partial charge in [-0.2, -0.15) is 0 Å². The van der Waals surface area contributed by atoms with Crippen molar-refractivity contribution < 1.29 is 23.5 Å². The van der Waals surface area contributed by atoms with Crippen LogP contribution in [0.4, 0.5) is 0 Å². The van der Waals surface area contributed by atoms with Crippen molar-refractivity contribution in [2.24, 2.45) is 10.9 Å². The maximum Gasteiger partial charge on any atom is 0.340 e. The third kappa shape index (κ3) is 4.26. The predicted molar refractivity (Wildman–Crippen MR) is 105 cm³/mol. The standard InChI is InChI=1S/C21H23N3O5/c1-12(2)21(4)20(27)23-18(24-21)9-17-16(8-14(10-22-17)13(3)25)19(26)29-11-15-6-5-7-28-15/h5-8,10,12H,9,11H2,1-4H3,(H,23,24,27). The van der Waals surface area contributed by atoms with Crippen molar-refractivity contribution in [3.05, 3.63) is 53.2 Å². The second kappa shape index (κ2) is 7.98. The fourth-order valence-electron chi connectivity index (χ4n) is 2.86. The average molecular weight is 397 g/mol. The second-order valence-corrected chi connectivity index (χ2v) is 7.42. The number of carbonyl (C=O) groups is 3. The number of ketones is 1. The molecule has 1 atom stereocenters. The topological polar surface area (TPSA) is 111 Å². The molecule has 0 radical (unpaired) electrons. The van der Waals surface area contributed by atoms with E-state index >= 15 is 0 Å². The van der Waals surface area contributed by atoms with E-state index in [0.29, 0.717) is 22.9 Å². The third-order valence-electron chi connectivity index (χ3n) is 5.07. The van der Waals surface area contributed by atoms with Crippen LogP contribution in [-0.4, -0.2) is 34.0 Å². The smallest absolute Gasteiger partial charge is 0.340 e. The van der Waals surface area contributed by atoms with Crippen molar-refractivity contribution >= 4 is 23.5 Å². The van der Waals surface area contributed by atoms with Gasteiger partial charge in [0.1, 0.15) is 23.7 Å². The van der Waals surface area contributed by atoms with Crippen LogP contribution < -0.4 is 5.32 Å². The molecule has 0 saturated heterocycles. The Balaban J connectivity index is 1.87. The maximum absolute atomic E-state index is 12.7. The number of Topliss-reactive ketones (excluding diaryl/α,β-unsaturated/α-hetero) is 1. The zero-order valence-corrected chi connectivity index (χ0v) is 16.8. The van der Waals surface area contributed by atoms with Gasteiger partial charge in [0, 0.05) is 18.2 Å². The Kier molecular flexibility index (Phi) is 5.63. The molecule has 2 aromatic heterocycles. The molecule has 152 valence electrons. The number of esters is 1. The number of rotatable bonds is 7. The van der Waals surface area contributed by atoms with E-state index in [2.05, 4.69) is 15.3 Å². The van der Waals surface area contributed by atoms with E-state index in [9.17, 15) is 14.4 Å². The van der Waals surface area contributed by atoms with E-state index in [-0.39, 0.29) is 36.2 Å². The summed E-state index contributed by atoms with van der Waals surface area (Å²) in [4.78, 5) is 45.5. The second-order valence-electron chi connectivity index (χ2n) is 7.42. The SMILES string of the molecule is CC(=O)c1cnc(CC2=NC(C)(C(C)C)C(=O)N2)c(C(=O)OCc2ccco2)c1. The number of aliphatic imine (C=N–C) groups is 1. The lowest BCUT2D eigenvalue weighted by atomic mass is 9.89. The van der Waals surface area contributed by atoms with Crippen LogP contribution in [0.5, 0.6) is 0 Å². The zero-order valence-electron chi connectivity index (χ0n) is 16.8. The Labute approximate surface area is 168 Å². The molecule has 1 N–H and O–H groups in total. The number of hydrogen-bond donors (Lipinski definition) is 1. The summed E-state index contributed by atoms with van der Waals surface area (Å²) in [7, 11) is 0. The number of amidine groups is 1. The summed E-state index contributed by atoms with van der Waals surface area (Å²) < 4.78 is 10.5. The van der Waals surface area contributed by atoms with Crippen molar-refractivity contribution in [3.8, 4) is 0 Å². The van der Waals surface area contributed by atoms with E-state index in [1.54, 1.807) is 19.1 Å². The minimum Gasteiger partial charge on any atom is -0.466 e. The van der Waals surface area contributed by atoms with Crippen LogP contribution in [-0.2, 0) is 22.6 Å². The van der Waals surface area contributed by atoms with Crippen LogP contribution >= 0.6 is 0 Å². The summed E-state index contributed by atoms with van der Waals surface area (Å²) in [6.45, 7) is 6.96. The molecule has 8 nitrogen and oxygen atoms in total. The Hall–Kier alpha value is -3.29. The Bertz CT molecular complexity index is 978. The van der Waals surface area contributed by atoms with E-state index < -0.39 is 11.5 Å². The Morgan fingerprint density at radius 1 is 1.34 bits per heavy atom. The molecule has 3 rings (SSSR count). The van der Waals surface area contributed by atoms with Gasteiger partial charge in [0.15, 0.2) is 5.78 Å². The van der Waals surface area contributed by atoms with E-state index in [4.69, 9.17) is 9.15 Å². The van der Waals surface area contributed by atoms with Crippen LogP contribution in [0, 0.1) is 5.92 Å². The van der Waals surface area contributed by atoms with Gasteiger partial charge in [-0.05, 0) is 38.0 Å². The summed E-state index contributed by atoms with van der Waals surface area (Å²) in [6.07, 6.45) is 3.02. The van der Waals surface area contributed by atoms with Gasteiger partial charge in [0.25, 0.3) is 5.91 Å². The lowest BCUT2D eigenvalue weighted by Gasteiger charge is -2.21. The highest BCUT2D eigenvalue weighted by atomic mass is 16.5. The first-order valence-corrected chi connectivity index (χ1v) is 9.30. The van der Waals surface area contributed by atoms with Crippen LogP contribution in [0.1, 0.15) is 59.9 Å². The van der Waals surface area contributed by atoms with Crippen molar-refractivity contribution in [2.75, 3.05) is 0 Å². The van der Waals surface area contributed by atoms with Gasteiger partial charge in [-0.25, -0.2) is 4.79 Å². The summed E-state index contributed by atoms with van der Waals surface area (Å²) in [5, 5.41) is 2.77. The number of amides is 1. The minimum absolute atomic E-state index is 0.00535. The van der Waals surface area contributed by atoms with Gasteiger partial charge in [-0.3, -0.25) is 19.6 Å². The number of aromatic nitrogens is 1. The molecule has 0 aromatic carbocycles.